The van der Waals surface area contributed by atoms with E-state index in [1.54, 1.807) is 0 Å². The second-order valence-electron chi connectivity index (χ2n) is 7.08. The largest absolute Gasteiger partial charge is 0.378 e. The summed E-state index contributed by atoms with van der Waals surface area (Å²) in [7, 11) is 0. The minimum Gasteiger partial charge on any atom is -0.378 e. The highest BCUT2D eigenvalue weighted by Gasteiger charge is 2.62. The van der Waals surface area contributed by atoms with E-state index in [9.17, 15) is 4.79 Å². The molecule has 0 saturated heterocycles. The fourth-order valence-electron chi connectivity index (χ4n) is 3.37. The molecule has 1 aliphatic carbocycles. The first-order valence-electron chi connectivity index (χ1n) is 8.41. The molecule has 0 bridgehead atoms. The molecule has 0 aromatic carbocycles. The maximum absolute atomic E-state index is 12.6. The predicted octanol–water partition coefficient (Wildman–Crippen LogP) is 2.85. The van der Waals surface area contributed by atoms with Crippen LogP contribution in [-0.2, 0) is 9.53 Å². The maximum atomic E-state index is 12.6. The van der Waals surface area contributed by atoms with Crippen molar-refractivity contribution in [3.63, 3.8) is 0 Å². The Morgan fingerprint density at radius 3 is 2.14 bits per heavy atom. The first-order valence-corrected chi connectivity index (χ1v) is 8.41. The van der Waals surface area contributed by atoms with Crippen LogP contribution in [0.5, 0.6) is 0 Å². The van der Waals surface area contributed by atoms with Crippen molar-refractivity contribution >= 4 is 5.91 Å². The van der Waals surface area contributed by atoms with E-state index in [4.69, 9.17) is 10.5 Å². The Morgan fingerprint density at radius 2 is 1.76 bits per heavy atom. The first-order chi connectivity index (χ1) is 9.73. The van der Waals surface area contributed by atoms with Gasteiger partial charge in [0.1, 0.15) is 5.54 Å². The van der Waals surface area contributed by atoms with Crippen molar-refractivity contribution in [2.24, 2.45) is 16.6 Å². The quantitative estimate of drug-likeness (QED) is 0.724. The van der Waals surface area contributed by atoms with Gasteiger partial charge < -0.3 is 15.8 Å². The maximum Gasteiger partial charge on any atom is 0.240 e. The zero-order chi connectivity index (χ0) is 16.3. The Balaban J connectivity index is 2.68. The second-order valence-corrected chi connectivity index (χ2v) is 7.08. The zero-order valence-corrected chi connectivity index (χ0v) is 14.7. The molecule has 2 unspecified atom stereocenters. The molecule has 124 valence electrons. The van der Waals surface area contributed by atoms with Gasteiger partial charge in [0, 0.05) is 25.0 Å². The van der Waals surface area contributed by atoms with Crippen molar-refractivity contribution in [2.45, 2.75) is 78.9 Å². The number of ether oxygens (including phenoxy) is 1. The smallest absolute Gasteiger partial charge is 0.240 e. The summed E-state index contributed by atoms with van der Waals surface area (Å²) in [6, 6.07) is 0. The first kappa shape index (κ1) is 18.4. The van der Waals surface area contributed by atoms with Crippen LogP contribution in [0.3, 0.4) is 0 Å². The van der Waals surface area contributed by atoms with Crippen LogP contribution < -0.4 is 11.1 Å². The van der Waals surface area contributed by atoms with Gasteiger partial charge in [0.05, 0.1) is 6.10 Å². The molecule has 3 N–H and O–H groups in total. The Bertz CT molecular complexity index is 356. The molecule has 21 heavy (non-hydrogen) atoms. The van der Waals surface area contributed by atoms with Crippen molar-refractivity contribution in [3.05, 3.63) is 0 Å². The predicted molar refractivity (Wildman–Crippen MR) is 87.0 cm³/mol. The molecule has 0 aliphatic heterocycles. The third-order valence-corrected chi connectivity index (χ3v) is 6.11. The van der Waals surface area contributed by atoms with E-state index in [0.29, 0.717) is 19.6 Å². The van der Waals surface area contributed by atoms with Crippen molar-refractivity contribution in [2.75, 3.05) is 13.2 Å². The van der Waals surface area contributed by atoms with Crippen LogP contribution in [0.4, 0.5) is 0 Å². The molecule has 0 aromatic heterocycles. The summed E-state index contributed by atoms with van der Waals surface area (Å²) in [6.07, 6.45) is 3.90. The van der Waals surface area contributed by atoms with Gasteiger partial charge in [-0.2, -0.15) is 0 Å². The molecule has 1 fully saturated rings. The van der Waals surface area contributed by atoms with Crippen LogP contribution >= 0.6 is 0 Å². The summed E-state index contributed by atoms with van der Waals surface area (Å²) in [4.78, 5) is 12.6. The van der Waals surface area contributed by atoms with Gasteiger partial charge in [0.25, 0.3) is 0 Å². The molecule has 4 heteroatoms. The summed E-state index contributed by atoms with van der Waals surface area (Å²) >= 11 is 0. The highest BCUT2D eigenvalue weighted by Crippen LogP contribution is 2.49. The van der Waals surface area contributed by atoms with Gasteiger partial charge in [0.2, 0.25) is 5.91 Å². The average Bonchev–Trinajstić information content (AvgIpc) is 2.48. The van der Waals surface area contributed by atoms with E-state index >= 15 is 0 Å². The van der Waals surface area contributed by atoms with Crippen LogP contribution in [-0.4, -0.2) is 30.7 Å². The van der Waals surface area contributed by atoms with E-state index in [2.05, 4.69) is 26.1 Å². The van der Waals surface area contributed by atoms with E-state index in [0.717, 1.165) is 19.3 Å². The van der Waals surface area contributed by atoms with Crippen LogP contribution in [0.25, 0.3) is 0 Å². The topological polar surface area (TPSA) is 64.3 Å². The lowest BCUT2D eigenvalue weighted by molar-refractivity contribution is -0.171. The minimum atomic E-state index is -0.812. The second kappa shape index (κ2) is 6.66. The van der Waals surface area contributed by atoms with Gasteiger partial charge in [-0.15, -0.1) is 0 Å². The van der Waals surface area contributed by atoms with Crippen LogP contribution in [0.15, 0.2) is 0 Å². The number of rotatable bonds is 8. The van der Waals surface area contributed by atoms with Crippen molar-refractivity contribution in [1.29, 1.82) is 0 Å². The number of carbonyl (C=O) groups excluding carboxylic acids is 1. The van der Waals surface area contributed by atoms with Gasteiger partial charge in [-0.05, 0) is 31.6 Å². The van der Waals surface area contributed by atoms with E-state index in [-0.39, 0.29) is 22.8 Å². The van der Waals surface area contributed by atoms with Gasteiger partial charge in [-0.25, -0.2) is 0 Å². The standard InChI is InChI=1S/C17H34N2O2/c1-7-16(8-2,9-3)12-19-14(20)17(18)11-13(21-10-4)15(17,5)6/h13H,7-12,18H2,1-6H3,(H,19,20). The third kappa shape index (κ3) is 3.11. The lowest BCUT2D eigenvalue weighted by Crippen LogP contribution is -2.76. The van der Waals surface area contributed by atoms with Crippen LogP contribution in [0.2, 0.25) is 0 Å². The number of hydrogen-bond donors (Lipinski definition) is 2. The third-order valence-electron chi connectivity index (χ3n) is 6.11. The molecule has 1 aliphatic rings. The highest BCUT2D eigenvalue weighted by molar-refractivity contribution is 5.88. The summed E-state index contributed by atoms with van der Waals surface area (Å²) < 4.78 is 5.69. The summed E-state index contributed by atoms with van der Waals surface area (Å²) in [5.41, 5.74) is 5.47. The molecule has 2 atom stereocenters. The number of hydrogen-bond acceptors (Lipinski definition) is 3. The van der Waals surface area contributed by atoms with Crippen LogP contribution in [0, 0.1) is 10.8 Å². The van der Waals surface area contributed by atoms with Gasteiger partial charge in [-0.3, -0.25) is 4.79 Å². The lowest BCUT2D eigenvalue weighted by Gasteiger charge is -2.57. The minimum absolute atomic E-state index is 0.0248. The summed E-state index contributed by atoms with van der Waals surface area (Å²) in [5, 5.41) is 3.12. The molecule has 4 nitrogen and oxygen atoms in total. The number of amides is 1. The van der Waals surface area contributed by atoms with E-state index < -0.39 is 5.54 Å². The number of nitrogens with one attached hydrogen (secondary N) is 1. The van der Waals surface area contributed by atoms with Crippen molar-refractivity contribution < 1.29 is 9.53 Å². The zero-order valence-electron chi connectivity index (χ0n) is 14.7. The molecule has 0 radical (unpaired) electrons. The summed E-state index contributed by atoms with van der Waals surface area (Å²) in [5.74, 6) is -0.0248. The van der Waals surface area contributed by atoms with Crippen molar-refractivity contribution in [1.82, 2.24) is 5.32 Å². The fourth-order valence-corrected chi connectivity index (χ4v) is 3.37. The van der Waals surface area contributed by atoms with Gasteiger partial charge in [-0.1, -0.05) is 34.6 Å². The Hall–Kier alpha value is -0.610. The Morgan fingerprint density at radius 1 is 1.24 bits per heavy atom. The SMILES string of the molecule is CCOC1CC(N)(C(=O)NCC(CC)(CC)CC)C1(C)C. The molecule has 1 saturated carbocycles. The highest BCUT2D eigenvalue weighted by atomic mass is 16.5. The monoisotopic (exact) mass is 298 g/mol. The van der Waals surface area contributed by atoms with Gasteiger partial charge >= 0.3 is 0 Å². The number of nitrogens with two attached hydrogens (primary N) is 1. The van der Waals surface area contributed by atoms with E-state index in [1.807, 2.05) is 20.8 Å². The molecule has 0 spiro atoms. The molecular formula is C17H34N2O2. The Kier molecular flexibility index (Phi) is 5.84. The Labute approximate surface area is 130 Å². The molecular weight excluding hydrogens is 264 g/mol. The lowest BCUT2D eigenvalue weighted by atomic mass is 9.54. The average molecular weight is 298 g/mol. The van der Waals surface area contributed by atoms with E-state index in [1.165, 1.54) is 0 Å². The fraction of sp³-hybridized carbons (Fsp3) is 0.941. The van der Waals surface area contributed by atoms with Crippen molar-refractivity contribution in [3.8, 4) is 0 Å². The molecule has 1 rings (SSSR count). The molecule has 0 heterocycles. The van der Waals surface area contributed by atoms with Crippen LogP contribution in [0.1, 0.15) is 67.2 Å². The number of carbonyl (C=O) groups is 1. The summed E-state index contributed by atoms with van der Waals surface area (Å²) in [6.45, 7) is 14.0. The normalized spacial score (nSPS) is 28.0. The molecule has 0 aromatic rings. The van der Waals surface area contributed by atoms with Gasteiger partial charge in [0.15, 0.2) is 0 Å². The molecule has 1 amide bonds.